The van der Waals surface area contributed by atoms with Crippen molar-refractivity contribution in [3.8, 4) is 23.0 Å². The van der Waals surface area contributed by atoms with E-state index in [1.165, 1.54) is 53.0 Å². The Kier molecular flexibility index (Phi) is 14.1. The summed E-state index contributed by atoms with van der Waals surface area (Å²) in [7, 11) is 1.41. The third kappa shape index (κ3) is 9.03. The fourth-order valence-electron chi connectivity index (χ4n) is 7.23. The number of methoxy groups -OCH3 is 1. The molecule has 0 unspecified atom stereocenters. The summed E-state index contributed by atoms with van der Waals surface area (Å²) in [6.07, 6.45) is 2.10. The summed E-state index contributed by atoms with van der Waals surface area (Å²) in [5.41, 5.74) is -1.31. The lowest BCUT2D eigenvalue weighted by Gasteiger charge is -2.38. The molecule has 0 saturated heterocycles. The Labute approximate surface area is 337 Å². The molecule has 2 aromatic rings. The van der Waals surface area contributed by atoms with Crippen LogP contribution < -0.4 is 15.4 Å². The van der Waals surface area contributed by atoms with Crippen LogP contribution in [-0.4, -0.2) is 93.2 Å². The fraction of sp³-hybridized carbons (Fsp3) is 0.524. The zero-order valence-corrected chi connectivity index (χ0v) is 34.7. The van der Waals surface area contributed by atoms with E-state index in [0.29, 0.717) is 0 Å². The quantitative estimate of drug-likeness (QED) is 0.105. The van der Waals surface area contributed by atoms with Crippen LogP contribution in [0.2, 0.25) is 0 Å². The highest BCUT2D eigenvalue weighted by atomic mass is 16.7. The molecule has 3 aliphatic heterocycles. The third-order valence-electron chi connectivity index (χ3n) is 10.8. The standard InChI is InChI=1S/C42H56N2O14/c1-18(2)17-55-41(53)44-31-30-36(50)28-27(35(31)49)29-38(24(8)34(28)48)58-42(10,39(29)51)56-16-15-26(54-11)21(5)37(57-25(9)45)23(7)33(47)22(6)32(46)19(3)13-12-14-20(4)40(52)43-30/h12-16,18-19,21-23,26,32-33,37,46-50H,17H2,1-11H3,(H,43,52)(H,44,53)/b13-12+,16-15+,20-14-/t19-,21-,22-,23-,26+,32+,33+,37-,42+/m1/s1. The number of fused-ring (bicyclic) bond motifs is 14. The number of nitrogens with one attached hydrogen (secondary N) is 2. The molecule has 0 fully saturated rings. The Balaban J connectivity index is 1.97. The lowest BCUT2D eigenvalue weighted by molar-refractivity contribution is -0.160. The van der Waals surface area contributed by atoms with E-state index in [1.54, 1.807) is 47.6 Å². The summed E-state index contributed by atoms with van der Waals surface area (Å²) in [6, 6.07) is 0. The largest absolute Gasteiger partial charge is 0.507 e. The summed E-state index contributed by atoms with van der Waals surface area (Å²) in [5, 5.41) is 61.9. The summed E-state index contributed by atoms with van der Waals surface area (Å²) in [5.74, 6) is -9.47. The second kappa shape index (κ2) is 18.1. The van der Waals surface area contributed by atoms with Gasteiger partial charge in [0.1, 0.15) is 34.7 Å². The highest BCUT2D eigenvalue weighted by molar-refractivity contribution is 6.24. The fourth-order valence-corrected chi connectivity index (χ4v) is 7.23. The number of amides is 2. The van der Waals surface area contributed by atoms with Gasteiger partial charge in [-0.25, -0.2) is 4.79 Å². The van der Waals surface area contributed by atoms with Gasteiger partial charge < -0.3 is 54.5 Å². The Morgan fingerprint density at radius 1 is 0.948 bits per heavy atom. The first-order valence-electron chi connectivity index (χ1n) is 19.1. The summed E-state index contributed by atoms with van der Waals surface area (Å²) >= 11 is 0. The van der Waals surface area contributed by atoms with E-state index in [2.05, 4.69) is 10.6 Å². The van der Waals surface area contributed by atoms with Crippen molar-refractivity contribution in [1.29, 1.82) is 0 Å². The van der Waals surface area contributed by atoms with E-state index in [-0.39, 0.29) is 35.0 Å². The molecule has 0 aromatic heterocycles. The number of aromatic hydroxyl groups is 3. The van der Waals surface area contributed by atoms with Crippen LogP contribution in [0.1, 0.15) is 78.2 Å². The van der Waals surface area contributed by atoms with Crippen molar-refractivity contribution in [3.05, 3.63) is 47.3 Å². The Morgan fingerprint density at radius 2 is 1.60 bits per heavy atom. The smallest absolute Gasteiger partial charge is 0.411 e. The zero-order chi connectivity index (χ0) is 43.5. The highest BCUT2D eigenvalue weighted by Gasteiger charge is 2.50. The van der Waals surface area contributed by atoms with Crippen molar-refractivity contribution in [2.75, 3.05) is 24.4 Å². The first-order chi connectivity index (χ1) is 27.1. The van der Waals surface area contributed by atoms with Gasteiger partial charge in [-0.1, -0.05) is 59.8 Å². The van der Waals surface area contributed by atoms with Crippen LogP contribution in [0.15, 0.2) is 36.1 Å². The van der Waals surface area contributed by atoms with Gasteiger partial charge in [0.25, 0.3) is 11.7 Å². The summed E-state index contributed by atoms with van der Waals surface area (Å²) < 4.78 is 28.6. The van der Waals surface area contributed by atoms with E-state index in [4.69, 9.17) is 23.7 Å². The first-order valence-corrected chi connectivity index (χ1v) is 19.1. The second-order valence-electron chi connectivity index (χ2n) is 15.7. The molecule has 2 amide bonds. The average molecular weight is 813 g/mol. The number of ether oxygens (including phenoxy) is 5. The van der Waals surface area contributed by atoms with E-state index in [1.807, 2.05) is 0 Å². The molecular formula is C42H56N2O14. The van der Waals surface area contributed by atoms with Crippen LogP contribution in [0.25, 0.3) is 10.8 Å². The van der Waals surface area contributed by atoms with Crippen molar-refractivity contribution < 1.29 is 68.4 Å². The Hall–Kier alpha value is -5.32. The minimum atomic E-state index is -2.12. The van der Waals surface area contributed by atoms with Gasteiger partial charge in [0.05, 0.1) is 42.1 Å². The monoisotopic (exact) mass is 812 g/mol. The second-order valence-corrected chi connectivity index (χ2v) is 15.7. The molecule has 58 heavy (non-hydrogen) atoms. The molecule has 5 bridgehead atoms. The molecule has 0 aliphatic carbocycles. The third-order valence-corrected chi connectivity index (χ3v) is 10.8. The van der Waals surface area contributed by atoms with Gasteiger partial charge >= 0.3 is 17.8 Å². The van der Waals surface area contributed by atoms with Crippen molar-refractivity contribution in [2.24, 2.45) is 29.6 Å². The number of benzene rings is 2. The van der Waals surface area contributed by atoms with E-state index >= 15 is 0 Å². The van der Waals surface area contributed by atoms with Crippen LogP contribution in [-0.2, 0) is 28.5 Å². The van der Waals surface area contributed by atoms with Crippen LogP contribution in [0, 0.1) is 36.5 Å². The number of rotatable bonds is 5. The summed E-state index contributed by atoms with van der Waals surface area (Å²) in [6.45, 7) is 15.8. The van der Waals surface area contributed by atoms with Gasteiger partial charge in [0.15, 0.2) is 5.75 Å². The lowest BCUT2D eigenvalue weighted by Crippen LogP contribution is -2.46. The van der Waals surface area contributed by atoms with E-state index in [0.717, 1.165) is 6.26 Å². The van der Waals surface area contributed by atoms with Gasteiger partial charge in [-0.2, -0.15) is 0 Å². The Morgan fingerprint density at radius 3 is 2.21 bits per heavy atom. The van der Waals surface area contributed by atoms with Crippen molar-refractivity contribution in [2.45, 2.75) is 99.4 Å². The highest BCUT2D eigenvalue weighted by Crippen LogP contribution is 2.57. The van der Waals surface area contributed by atoms with Gasteiger partial charge in [-0.15, -0.1) is 0 Å². The van der Waals surface area contributed by atoms with Gasteiger partial charge in [0.2, 0.25) is 0 Å². The van der Waals surface area contributed by atoms with Crippen LogP contribution in [0.5, 0.6) is 23.0 Å². The number of phenols is 3. The minimum Gasteiger partial charge on any atom is -0.507 e. The van der Waals surface area contributed by atoms with Gasteiger partial charge in [0, 0.05) is 61.2 Å². The minimum absolute atomic E-state index is 0.0198. The Bertz CT molecular complexity index is 2020. The van der Waals surface area contributed by atoms with Crippen LogP contribution >= 0.6 is 0 Å². The SMILES string of the molecule is CO[C@H]1/C=C/O[C@@]2(C)Oc3c(C)c(O)c4c(O)c(c(NC(=O)OCC(C)C)c(O)c4c3C2=O)NC(=O)/C(C)=C\C=C\[C@@H](C)[C@H](O)[C@@H](C)[C@H](O)[C@@H](C)[C@H](OC(C)=O)[C@@H]1C. The number of Topliss-reactive ketones (excluding diaryl/α,β-unsaturated/α-hetero) is 1. The van der Waals surface area contributed by atoms with Gasteiger partial charge in [-0.05, 0) is 25.8 Å². The van der Waals surface area contributed by atoms with Crippen molar-refractivity contribution >= 4 is 45.9 Å². The first kappa shape index (κ1) is 45.4. The lowest BCUT2D eigenvalue weighted by atomic mass is 9.78. The maximum atomic E-state index is 14.3. The van der Waals surface area contributed by atoms with Gasteiger partial charge in [-0.3, -0.25) is 19.7 Å². The molecule has 0 saturated carbocycles. The number of hydrogen-bond acceptors (Lipinski definition) is 14. The molecule has 7 N–H and O–H groups in total. The number of phenolic OH excluding ortho intramolecular Hbond substituents is 3. The number of aliphatic hydroxyl groups excluding tert-OH is 2. The van der Waals surface area contributed by atoms with E-state index < -0.39 is 117 Å². The topological polar surface area (TPSA) is 240 Å². The molecule has 16 nitrogen and oxygen atoms in total. The normalized spacial score (nSPS) is 30.2. The summed E-state index contributed by atoms with van der Waals surface area (Å²) in [4.78, 5) is 53.2. The van der Waals surface area contributed by atoms with E-state index in [9.17, 15) is 44.7 Å². The molecule has 2 aromatic carbocycles. The number of ketones is 1. The molecule has 3 aliphatic rings. The molecule has 318 valence electrons. The molecule has 3 heterocycles. The maximum absolute atomic E-state index is 14.3. The molecule has 0 radical (unpaired) electrons. The number of esters is 1. The van der Waals surface area contributed by atoms with Crippen molar-refractivity contribution in [1.82, 2.24) is 0 Å². The molecule has 0 spiro atoms. The molecule has 9 atom stereocenters. The van der Waals surface area contributed by atoms with Crippen LogP contribution in [0.3, 0.4) is 0 Å². The number of aliphatic hydroxyl groups is 2. The number of hydrogen-bond donors (Lipinski definition) is 7. The average Bonchev–Trinajstić information content (AvgIpc) is 3.43. The van der Waals surface area contributed by atoms with Crippen molar-refractivity contribution in [3.63, 3.8) is 0 Å². The maximum Gasteiger partial charge on any atom is 0.411 e. The zero-order valence-electron chi connectivity index (χ0n) is 34.7. The molecule has 5 rings (SSSR count). The number of carbonyl (C=O) groups is 4. The van der Waals surface area contributed by atoms with Crippen LogP contribution in [0.4, 0.5) is 16.2 Å². The molecule has 16 heteroatoms. The predicted octanol–water partition coefficient (Wildman–Crippen LogP) is 5.96. The molecular weight excluding hydrogens is 756 g/mol. The number of anilines is 2. The number of allylic oxidation sites excluding steroid dienone is 2. The number of carbonyl (C=O) groups excluding carboxylic acids is 4. The predicted molar refractivity (Wildman–Crippen MR) is 214 cm³/mol.